The van der Waals surface area contributed by atoms with Crippen LogP contribution < -0.4 is 11.4 Å². The van der Waals surface area contributed by atoms with Crippen molar-refractivity contribution in [2.45, 2.75) is 44.2 Å². The van der Waals surface area contributed by atoms with E-state index in [9.17, 15) is 9.59 Å². The van der Waals surface area contributed by atoms with E-state index in [-0.39, 0.29) is 23.5 Å². The lowest BCUT2D eigenvalue weighted by Gasteiger charge is -2.42. The summed E-state index contributed by atoms with van der Waals surface area (Å²) >= 11 is 0. The van der Waals surface area contributed by atoms with E-state index in [1.807, 2.05) is 0 Å². The molecular weight excluding hydrogens is 242 g/mol. The summed E-state index contributed by atoms with van der Waals surface area (Å²) in [4.78, 5) is 24.5. The Morgan fingerprint density at radius 2 is 1.26 bits per heavy atom. The van der Waals surface area contributed by atoms with E-state index in [0.717, 1.165) is 6.42 Å². The van der Waals surface area contributed by atoms with E-state index in [2.05, 4.69) is 0 Å². The van der Waals surface area contributed by atoms with Gasteiger partial charge < -0.3 is 0 Å². The van der Waals surface area contributed by atoms with Gasteiger partial charge in [0.05, 0.1) is 12.1 Å². The number of allylic oxidation sites excluding steroid dienone is 2. The van der Waals surface area contributed by atoms with Crippen LogP contribution in [-0.4, -0.2) is 13.9 Å². The first-order chi connectivity index (χ1) is 9.18. The number of hydrogen-bond donors (Lipinski definition) is 0. The molecule has 0 aromatic carbocycles. The molecule has 100 valence electrons. The first kappa shape index (κ1) is 10.3. The molecule has 1 aliphatic heterocycles. The molecular formula is C14H17N3O2. The molecule has 4 aliphatic carbocycles. The van der Waals surface area contributed by atoms with Crippen molar-refractivity contribution < 1.29 is 0 Å². The molecule has 4 bridgehead atoms. The molecule has 1 fully saturated rings. The van der Waals surface area contributed by atoms with E-state index in [1.54, 1.807) is 27.6 Å². The second kappa shape index (κ2) is 2.97. The Kier molecular flexibility index (Phi) is 1.61. The van der Waals surface area contributed by atoms with Crippen molar-refractivity contribution in [1.82, 2.24) is 13.9 Å². The number of nitrogens with zero attached hydrogens (tertiary/aromatic N) is 3. The Morgan fingerprint density at radius 1 is 0.842 bits per heavy atom. The second-order valence-corrected chi connectivity index (χ2v) is 6.54. The quantitative estimate of drug-likeness (QED) is 0.652. The van der Waals surface area contributed by atoms with Gasteiger partial charge >= 0.3 is 11.4 Å². The van der Waals surface area contributed by atoms with Crippen LogP contribution in [0.2, 0.25) is 0 Å². The fourth-order valence-electron chi connectivity index (χ4n) is 5.18. The van der Waals surface area contributed by atoms with Gasteiger partial charge in [-0.2, -0.15) is 0 Å². The van der Waals surface area contributed by atoms with Crippen LogP contribution in [0.4, 0.5) is 0 Å². The molecule has 2 heterocycles. The number of aromatic nitrogens is 3. The summed E-state index contributed by atoms with van der Waals surface area (Å²) < 4.78 is 4.75. The van der Waals surface area contributed by atoms with Crippen LogP contribution in [0.5, 0.6) is 0 Å². The van der Waals surface area contributed by atoms with Crippen molar-refractivity contribution in [2.75, 3.05) is 0 Å². The zero-order chi connectivity index (χ0) is 12.9. The van der Waals surface area contributed by atoms with Gasteiger partial charge in [-0.05, 0) is 48.7 Å². The molecule has 5 aliphatic rings. The third-order valence-electron chi connectivity index (χ3n) is 5.89. The fourth-order valence-corrected chi connectivity index (χ4v) is 5.18. The van der Waals surface area contributed by atoms with Crippen molar-refractivity contribution in [3.8, 4) is 0 Å². The van der Waals surface area contributed by atoms with Crippen molar-refractivity contribution in [2.24, 2.45) is 18.9 Å². The lowest BCUT2D eigenvalue weighted by atomic mass is 9.66. The Morgan fingerprint density at radius 3 is 1.68 bits per heavy atom. The first-order valence-corrected chi connectivity index (χ1v) is 7.32. The van der Waals surface area contributed by atoms with Crippen LogP contribution >= 0.6 is 0 Å². The zero-order valence-electron chi connectivity index (χ0n) is 11.0. The maximum absolute atomic E-state index is 12.2. The Bertz CT molecular complexity index is 680. The molecule has 0 unspecified atom stereocenters. The highest BCUT2D eigenvalue weighted by molar-refractivity contribution is 5.39. The summed E-state index contributed by atoms with van der Waals surface area (Å²) in [6.45, 7) is 0. The summed E-state index contributed by atoms with van der Waals surface area (Å²) in [5, 5.41) is 0. The summed E-state index contributed by atoms with van der Waals surface area (Å²) in [5.41, 5.74) is 2.82. The van der Waals surface area contributed by atoms with Gasteiger partial charge in [0, 0.05) is 13.5 Å². The second-order valence-electron chi connectivity index (χ2n) is 6.54. The highest BCUT2D eigenvalue weighted by atomic mass is 16.2. The molecule has 0 radical (unpaired) electrons. The summed E-state index contributed by atoms with van der Waals surface area (Å²) in [5.74, 6) is 1.37. The van der Waals surface area contributed by atoms with Crippen LogP contribution in [-0.2, 0) is 7.05 Å². The maximum atomic E-state index is 12.2. The predicted molar refractivity (Wildman–Crippen MR) is 69.1 cm³/mol. The van der Waals surface area contributed by atoms with Crippen LogP contribution in [0.3, 0.4) is 0 Å². The molecule has 5 heteroatoms. The van der Waals surface area contributed by atoms with Crippen molar-refractivity contribution in [3.63, 3.8) is 0 Å². The lowest BCUT2D eigenvalue weighted by Crippen LogP contribution is -2.37. The average molecular weight is 259 g/mol. The van der Waals surface area contributed by atoms with Gasteiger partial charge in [-0.3, -0.25) is 0 Å². The zero-order valence-corrected chi connectivity index (χ0v) is 11.0. The fraction of sp³-hybridized carbons (Fsp3) is 0.714. The molecule has 5 nitrogen and oxygen atoms in total. The van der Waals surface area contributed by atoms with Crippen LogP contribution in [0.25, 0.3) is 0 Å². The van der Waals surface area contributed by atoms with Crippen LogP contribution in [0.15, 0.2) is 20.7 Å². The molecule has 1 saturated carbocycles. The topological polar surface area (TPSA) is 48.9 Å². The lowest BCUT2D eigenvalue weighted by molar-refractivity contribution is 0.254. The summed E-state index contributed by atoms with van der Waals surface area (Å²) in [7, 11) is 1.59. The van der Waals surface area contributed by atoms with Crippen LogP contribution in [0, 0.1) is 11.8 Å². The Balaban J connectivity index is 1.81. The number of fused-ring (bicyclic) bond motifs is 7. The van der Waals surface area contributed by atoms with Gasteiger partial charge in [-0.1, -0.05) is 0 Å². The standard InChI is InChI=1S/C14H17N3O2/c1-15-13(18)16-9-6-10(17(16)14(15)19)12-8-3-2-7(4-5-8)11(9)12/h7-10H,2-6H2,1H3/t7?,8?,9-,10+. The summed E-state index contributed by atoms with van der Waals surface area (Å²) in [6.07, 6.45) is 6.12. The van der Waals surface area contributed by atoms with Gasteiger partial charge in [-0.15, -0.1) is 0 Å². The smallest absolute Gasteiger partial charge is 0.246 e. The minimum atomic E-state index is -0.134. The van der Waals surface area contributed by atoms with Crippen molar-refractivity contribution in [1.29, 1.82) is 0 Å². The van der Waals surface area contributed by atoms with Crippen LogP contribution in [0.1, 0.15) is 44.2 Å². The maximum Gasteiger partial charge on any atom is 0.347 e. The largest absolute Gasteiger partial charge is 0.347 e. The van der Waals surface area contributed by atoms with Gasteiger partial charge in [0.25, 0.3) is 0 Å². The molecule has 1 aromatic heterocycles. The molecule has 6 rings (SSSR count). The molecule has 19 heavy (non-hydrogen) atoms. The normalized spacial score (nSPS) is 37.9. The average Bonchev–Trinajstić information content (AvgIpc) is 3.09. The van der Waals surface area contributed by atoms with Crippen molar-refractivity contribution >= 4 is 0 Å². The van der Waals surface area contributed by atoms with Gasteiger partial charge in [-0.25, -0.2) is 23.5 Å². The molecule has 2 atom stereocenters. The van der Waals surface area contributed by atoms with E-state index in [4.69, 9.17) is 0 Å². The summed E-state index contributed by atoms with van der Waals surface area (Å²) in [6, 6.07) is 0.379. The van der Waals surface area contributed by atoms with E-state index in [0.29, 0.717) is 11.8 Å². The van der Waals surface area contributed by atoms with Gasteiger partial charge in [0.1, 0.15) is 0 Å². The monoisotopic (exact) mass is 259 g/mol. The first-order valence-electron chi connectivity index (χ1n) is 7.32. The highest BCUT2D eigenvalue weighted by Gasteiger charge is 2.53. The van der Waals surface area contributed by atoms with E-state index < -0.39 is 0 Å². The van der Waals surface area contributed by atoms with E-state index in [1.165, 1.54) is 30.3 Å². The van der Waals surface area contributed by atoms with Gasteiger partial charge in [0.15, 0.2) is 0 Å². The molecule has 0 amide bonds. The minimum absolute atomic E-state index is 0.134. The molecule has 0 N–H and O–H groups in total. The predicted octanol–water partition coefficient (Wildman–Crippen LogP) is 0.965. The molecule has 1 aromatic rings. The Hall–Kier alpha value is -1.52. The highest BCUT2D eigenvalue weighted by Crippen LogP contribution is 2.60. The third-order valence-corrected chi connectivity index (χ3v) is 5.89. The Labute approximate surface area is 110 Å². The molecule has 0 saturated heterocycles. The number of hydrogen-bond acceptors (Lipinski definition) is 2. The molecule has 0 spiro atoms. The number of rotatable bonds is 0. The third kappa shape index (κ3) is 0.945. The van der Waals surface area contributed by atoms with Crippen molar-refractivity contribution in [3.05, 3.63) is 32.1 Å². The minimum Gasteiger partial charge on any atom is -0.246 e. The SMILES string of the molecule is Cn1c(=O)n2n(c1=O)[C@H]1C[C@@H]2C2=C1C1CCC2CC1. The van der Waals surface area contributed by atoms with Gasteiger partial charge in [0.2, 0.25) is 0 Å². The van der Waals surface area contributed by atoms with E-state index >= 15 is 0 Å².